The normalized spacial score (nSPS) is 54.2. The number of epoxide rings is 1. The van der Waals surface area contributed by atoms with Crippen molar-refractivity contribution in [3.8, 4) is 0 Å². The number of alkyl halides is 2. The fourth-order valence-corrected chi connectivity index (χ4v) is 30.3. The molecule has 23 heteroatoms. The molecular weight excluding hydrogens is 1460 g/mol. The van der Waals surface area contributed by atoms with Crippen LogP contribution in [0.1, 0.15) is 244 Å². The maximum atomic E-state index is 12.8. The second-order valence-electron chi connectivity index (χ2n) is 40.6. The van der Waals surface area contributed by atoms with E-state index in [0.717, 1.165) is 104 Å². The van der Waals surface area contributed by atoms with Gasteiger partial charge < -0.3 is 74.4 Å². The van der Waals surface area contributed by atoms with Crippen molar-refractivity contribution in [2.75, 3.05) is 19.6 Å². The number of ether oxygens (including phenoxy) is 6. The number of carbonyl (C=O) groups is 5. The largest absolute Gasteiger partial charge is 1.00 e. The number of rotatable bonds is 1. The van der Waals surface area contributed by atoms with Crippen molar-refractivity contribution in [1.82, 2.24) is 0 Å². The first-order chi connectivity index (χ1) is 51.2. The number of esters is 1. The van der Waals surface area contributed by atoms with E-state index in [-0.39, 0.29) is 139 Å². The minimum absolute atomic E-state index is 0. The number of aliphatic hydroxyl groups excluding tert-OH is 8. The first-order valence-electron chi connectivity index (χ1n) is 42.3. The maximum Gasteiger partial charge on any atom is 1.00 e. The van der Waals surface area contributed by atoms with Gasteiger partial charge in [-0.2, -0.15) is 7.11 Å². The summed E-state index contributed by atoms with van der Waals surface area (Å²) < 4.78 is 37.7. The molecule has 3 saturated heterocycles. The van der Waals surface area contributed by atoms with Gasteiger partial charge in [0, 0.05) is 85.0 Å². The van der Waals surface area contributed by atoms with E-state index >= 15 is 0 Å². The van der Waals surface area contributed by atoms with Gasteiger partial charge in [0.1, 0.15) is 29.2 Å². The molecule has 0 radical (unpaired) electrons. The Bertz CT molecular complexity index is 3420. The molecular formula is C87H135Cl2NaO20. The number of aliphatic hydroxyl groups is 8. The van der Waals surface area contributed by atoms with E-state index in [1.807, 2.05) is 13.8 Å². The fourth-order valence-electron chi connectivity index (χ4n) is 30.3. The first kappa shape index (κ1) is 88.2. The van der Waals surface area contributed by atoms with E-state index < -0.39 is 83.6 Å². The summed E-state index contributed by atoms with van der Waals surface area (Å²) in [4.78, 5) is 62.0. The number of Topliss-reactive ketones (excluding diaryl/α,β-unsaturated/α-hetero) is 4. The predicted molar refractivity (Wildman–Crippen MR) is 405 cm³/mol. The van der Waals surface area contributed by atoms with Crippen molar-refractivity contribution >= 4 is 52.3 Å². The molecule has 16 unspecified atom stereocenters. The summed E-state index contributed by atoms with van der Waals surface area (Å²) in [6.07, 6.45) is 20.2. The van der Waals surface area contributed by atoms with Crippen LogP contribution in [0.5, 0.6) is 0 Å². The Morgan fingerprint density at radius 2 is 0.782 bits per heavy atom. The van der Waals surface area contributed by atoms with E-state index in [1.165, 1.54) is 45.4 Å². The molecule has 0 amide bonds. The molecule has 0 aromatic heterocycles. The molecule has 16 aliphatic carbocycles. The number of fused-ring (bicyclic) bond motifs is 28. The maximum absolute atomic E-state index is 12.8. The number of hydrogen-bond donors (Lipinski definition) is 8. The van der Waals surface area contributed by atoms with E-state index in [9.17, 15) is 59.7 Å². The molecule has 110 heavy (non-hydrogen) atoms. The van der Waals surface area contributed by atoms with Gasteiger partial charge in [-0.3, -0.25) is 24.0 Å². The van der Waals surface area contributed by atoms with Gasteiger partial charge >= 0.3 is 35.5 Å². The molecule has 3 heterocycles. The van der Waals surface area contributed by atoms with E-state index in [0.29, 0.717) is 103 Å². The molecule has 8 N–H and O–H groups in total. The topological polar surface area (TPSA) is 329 Å². The van der Waals surface area contributed by atoms with Crippen molar-refractivity contribution in [3.63, 3.8) is 0 Å². The average molecular weight is 1590 g/mol. The van der Waals surface area contributed by atoms with Crippen LogP contribution in [0.15, 0.2) is 12.2 Å². The van der Waals surface area contributed by atoms with Crippen molar-refractivity contribution < 1.29 is 128 Å². The molecule has 20 nitrogen and oxygen atoms in total. The van der Waals surface area contributed by atoms with Gasteiger partial charge in [-0.15, -0.1) is 23.2 Å². The van der Waals surface area contributed by atoms with Crippen LogP contribution in [0, 0.1) is 138 Å². The monoisotopic (exact) mass is 1590 g/mol. The molecule has 18 fully saturated rings. The van der Waals surface area contributed by atoms with Gasteiger partial charge in [0.25, 0.3) is 0 Å². The van der Waals surface area contributed by atoms with Gasteiger partial charge in [0.2, 0.25) is 0 Å². The van der Waals surface area contributed by atoms with Gasteiger partial charge in [-0.25, -0.2) is 0 Å². The second kappa shape index (κ2) is 31.8. The van der Waals surface area contributed by atoms with Crippen molar-refractivity contribution in [2.45, 2.75) is 341 Å². The molecule has 3 aliphatic heterocycles. The SMILES string of the molecule is CC(=O)O[C@@H]1C2[C@@H](O)[C@H](O)C3C(CC[C@]4(C)C(=O)CCC34)[C@@]2(C)CC[C@H]1O.CC1(C)O[C@@H]2C3C(CC[C@]4(C)C(=O)CCC34)[C@@]3(C)CCC=CC3[C@H]2O1.CC1(C)O[C@@H]2C3C(CC[C@]4(C)C(=O)CCC34)[C@@]3(C)CC[C@H]4O[C@H]4C3[C@H]2O1.CO.C[C@]12CC[C@@H](O)[C@H](O)C1[C@@H](O)[C@H](O)C1C2CC[C@]2(C)C(=O)CCC12.C[O-].ClCCl.[Na+]. The Kier molecular flexibility index (Phi) is 25.5. The van der Waals surface area contributed by atoms with Crippen LogP contribution >= 0.6 is 23.2 Å². The van der Waals surface area contributed by atoms with Crippen molar-refractivity contribution in [3.05, 3.63) is 12.2 Å². The zero-order valence-electron chi connectivity index (χ0n) is 68.9. The quantitative estimate of drug-likeness (QED) is 0.0413. The summed E-state index contributed by atoms with van der Waals surface area (Å²) in [6, 6.07) is 0. The summed E-state index contributed by atoms with van der Waals surface area (Å²) in [6.45, 7) is 27.4. The number of allylic oxidation sites excluding steroid dienone is 1. The standard InChI is InChI=1S/C22H32O4.C22H32O3.C21H32O6.C19H30O5.CH2Cl2.CH4O.CH3O.Na/c1-20(2)25-18-15-11-5-6-14(23)21(11,3)9-7-12(15)22(4)10-8-13-17(24-13)16(22)19(18)26-20;1-20(2)24-18-15-7-5-6-11-21(15,3)14-10-12-22(4)13(8-9-16(22)23)17(14)19(18)25-20;1-10(22)27-19-13(23)7-9-21(3)12-6-8-20(2)11(4-5-14(20)24)15(12)17(25)18(26)16(19)21;1-18-7-5-10-13(9(18)3-4-12(18)21)16(23)17(24)14-15(22)11(20)6-8-19(10,14)2;2-1-3;2*1-2;/h11-13,15-19H,5-10H2,1-4H3;5,7,13-15,17-19H,6,8-12H2,1-4H3;11-13,15-19,23,25-26H,4-9H2,1-3H3;9-11,13-17,20,22-24H,3-8H2,1-2H3;1H2;2H,1H3;1H3;/q;;;;;;-1;+1/t11?,12?,13-,15?,16?,17-,18-,19-,21+,22-;13?,14?,15?,17?,18-,19-,21-,22+;11?,12?,13-,15?,16?,17-,18-,19+,20+,21-;9?,10?,11-,13?,14?,15+,16-,17-,18+,19-;;;;/m1111..../s1. The molecule has 0 aromatic carbocycles. The molecule has 15 saturated carbocycles. The summed E-state index contributed by atoms with van der Waals surface area (Å²) in [5.41, 5.74) is -1.08. The van der Waals surface area contributed by atoms with E-state index in [1.54, 1.807) is 0 Å². The molecule has 0 spiro atoms. The van der Waals surface area contributed by atoms with Crippen LogP contribution in [0.25, 0.3) is 0 Å². The Hall–Kier alpha value is -1.09. The zero-order chi connectivity index (χ0) is 79.5. The minimum atomic E-state index is -1.08. The third kappa shape index (κ3) is 13.8. The first-order valence-corrected chi connectivity index (χ1v) is 43.4. The second-order valence-corrected chi connectivity index (χ2v) is 41.4. The number of ketones is 4. The summed E-state index contributed by atoms with van der Waals surface area (Å²) >= 11 is 9.53. The molecule has 38 atom stereocenters. The van der Waals surface area contributed by atoms with Gasteiger partial charge in [0.05, 0.1) is 84.7 Å². The minimum Gasteiger partial charge on any atom is -0.857 e. The van der Waals surface area contributed by atoms with E-state index in [4.69, 9.17) is 61.8 Å². The summed E-state index contributed by atoms with van der Waals surface area (Å²) in [7, 11) is 1.75. The van der Waals surface area contributed by atoms with Gasteiger partial charge in [-0.05, 0) is 249 Å². The Labute approximate surface area is 686 Å². The Morgan fingerprint density at radius 1 is 0.427 bits per heavy atom. The van der Waals surface area contributed by atoms with Crippen LogP contribution in [0.2, 0.25) is 0 Å². The van der Waals surface area contributed by atoms with E-state index in [2.05, 4.69) is 81.4 Å². The van der Waals surface area contributed by atoms with Crippen LogP contribution in [-0.2, 0) is 52.4 Å². The van der Waals surface area contributed by atoms with Crippen LogP contribution in [0.3, 0.4) is 0 Å². The smallest absolute Gasteiger partial charge is 0.857 e. The van der Waals surface area contributed by atoms with Crippen molar-refractivity contribution in [2.24, 2.45) is 138 Å². The zero-order valence-corrected chi connectivity index (χ0v) is 72.4. The Morgan fingerprint density at radius 3 is 1.23 bits per heavy atom. The Balaban J connectivity index is 0.000000132. The molecule has 0 bridgehead atoms. The van der Waals surface area contributed by atoms with Crippen LogP contribution < -0.4 is 34.7 Å². The molecule has 19 aliphatic rings. The predicted octanol–water partition coefficient (Wildman–Crippen LogP) is 7.54. The number of hydrogen-bond acceptors (Lipinski definition) is 20. The number of halogens is 2. The summed E-state index contributed by atoms with van der Waals surface area (Å²) in [5, 5.41) is 90.5. The number of carbonyl (C=O) groups excluding carboxylic acids is 5. The molecule has 19 rings (SSSR count). The average Bonchev–Trinajstić information content (AvgIpc) is 1.48. The van der Waals surface area contributed by atoms with Crippen LogP contribution in [-0.4, -0.2) is 187 Å². The fraction of sp³-hybridized carbons (Fsp3) is 0.920. The third-order valence-electron chi connectivity index (χ3n) is 35.5. The molecule has 618 valence electrons. The van der Waals surface area contributed by atoms with Crippen LogP contribution in [0.4, 0.5) is 0 Å². The third-order valence-corrected chi connectivity index (χ3v) is 35.5. The summed E-state index contributed by atoms with van der Waals surface area (Å²) in [5.74, 6) is 3.50. The van der Waals surface area contributed by atoms with Gasteiger partial charge in [0.15, 0.2) is 11.6 Å². The van der Waals surface area contributed by atoms with Crippen molar-refractivity contribution in [1.29, 1.82) is 0 Å². The molecule has 0 aromatic rings. The van der Waals surface area contributed by atoms with Gasteiger partial charge in [-0.1, -0.05) is 67.5 Å².